The summed E-state index contributed by atoms with van der Waals surface area (Å²) >= 11 is 0.768. The molecular weight excluding hydrogens is 420 g/mol. The third-order valence-electron chi connectivity index (χ3n) is 4.50. The summed E-state index contributed by atoms with van der Waals surface area (Å²) in [5.41, 5.74) is 1.02. The van der Waals surface area contributed by atoms with Gasteiger partial charge < -0.3 is 14.5 Å². The molecule has 1 saturated heterocycles. The third-order valence-corrected chi connectivity index (χ3v) is 5.41. The number of imide groups is 1. The van der Waals surface area contributed by atoms with Crippen LogP contribution in [-0.2, 0) is 9.59 Å². The van der Waals surface area contributed by atoms with Crippen LogP contribution in [0.2, 0.25) is 0 Å². The van der Waals surface area contributed by atoms with E-state index in [0.29, 0.717) is 28.0 Å². The normalized spacial score (nSPS) is 15.0. The molecule has 1 aliphatic heterocycles. The van der Waals surface area contributed by atoms with E-state index in [2.05, 4.69) is 5.32 Å². The molecule has 0 unspecified atom stereocenters. The van der Waals surface area contributed by atoms with Gasteiger partial charge in [-0.2, -0.15) is 0 Å². The Morgan fingerprint density at radius 3 is 2.74 bits per heavy atom. The minimum Gasteiger partial charge on any atom is -0.496 e. The number of ether oxygens (including phenoxy) is 1. The monoisotopic (exact) mass is 436 g/mol. The van der Waals surface area contributed by atoms with Crippen LogP contribution in [0.15, 0.2) is 68.7 Å². The van der Waals surface area contributed by atoms with E-state index in [4.69, 9.17) is 9.15 Å². The molecule has 9 heteroatoms. The van der Waals surface area contributed by atoms with E-state index < -0.39 is 29.2 Å². The second kappa shape index (κ2) is 8.49. The zero-order valence-corrected chi connectivity index (χ0v) is 17.1. The number of hydrogen-bond acceptors (Lipinski definition) is 7. The number of carbonyl (C=O) groups excluding carboxylic acids is 3. The van der Waals surface area contributed by atoms with Gasteiger partial charge in [-0.25, -0.2) is 4.79 Å². The summed E-state index contributed by atoms with van der Waals surface area (Å²) in [4.78, 5) is 49.8. The molecule has 1 fully saturated rings. The number of para-hydroxylation sites is 1. The van der Waals surface area contributed by atoms with E-state index in [1.807, 2.05) is 0 Å². The Bertz CT molecular complexity index is 1300. The van der Waals surface area contributed by atoms with Gasteiger partial charge in [0.2, 0.25) is 5.91 Å². The number of fused-ring (bicyclic) bond motifs is 1. The van der Waals surface area contributed by atoms with Crippen molar-refractivity contribution in [3.63, 3.8) is 0 Å². The predicted molar refractivity (Wildman–Crippen MR) is 117 cm³/mol. The van der Waals surface area contributed by atoms with E-state index >= 15 is 0 Å². The van der Waals surface area contributed by atoms with Crippen LogP contribution in [0.25, 0.3) is 17.0 Å². The van der Waals surface area contributed by atoms with Gasteiger partial charge in [-0.1, -0.05) is 18.2 Å². The quantitative estimate of drug-likeness (QED) is 0.482. The number of nitrogens with one attached hydrogen (secondary N) is 1. The Balaban J connectivity index is 1.47. The fourth-order valence-corrected chi connectivity index (χ4v) is 3.89. The van der Waals surface area contributed by atoms with Crippen LogP contribution in [0, 0.1) is 0 Å². The lowest BCUT2D eigenvalue weighted by Gasteiger charge is -2.12. The highest BCUT2D eigenvalue weighted by molar-refractivity contribution is 8.18. The average Bonchev–Trinajstić information content (AvgIpc) is 3.01. The first kappa shape index (κ1) is 20.4. The Kier molecular flexibility index (Phi) is 5.59. The highest BCUT2D eigenvalue weighted by Crippen LogP contribution is 2.33. The Morgan fingerprint density at radius 2 is 1.94 bits per heavy atom. The Labute approximate surface area is 180 Å². The van der Waals surface area contributed by atoms with Crippen molar-refractivity contribution in [2.24, 2.45) is 0 Å². The number of nitrogens with zero attached hydrogens (tertiary/aromatic N) is 1. The summed E-state index contributed by atoms with van der Waals surface area (Å²) in [5, 5.41) is 2.75. The summed E-state index contributed by atoms with van der Waals surface area (Å²) in [6.45, 7) is -0.421. The summed E-state index contributed by atoms with van der Waals surface area (Å²) in [6, 6.07) is 14.7. The first-order valence-corrected chi connectivity index (χ1v) is 9.98. The van der Waals surface area contributed by atoms with Gasteiger partial charge in [0.05, 0.1) is 12.0 Å². The number of methoxy groups -OCH3 is 1. The Hall–Kier alpha value is -3.85. The Morgan fingerprint density at radius 1 is 1.13 bits per heavy atom. The lowest BCUT2D eigenvalue weighted by atomic mass is 10.2. The number of thioether (sulfide) groups is 1. The number of anilines is 1. The lowest BCUT2D eigenvalue weighted by molar-refractivity contribution is -0.127. The molecular formula is C22H16N2O6S. The van der Waals surface area contributed by atoms with Crippen molar-refractivity contribution in [3.8, 4) is 5.75 Å². The molecule has 8 nitrogen and oxygen atoms in total. The molecule has 2 heterocycles. The van der Waals surface area contributed by atoms with Gasteiger partial charge in [0.25, 0.3) is 11.1 Å². The molecule has 4 rings (SSSR count). The van der Waals surface area contributed by atoms with Gasteiger partial charge >= 0.3 is 5.63 Å². The zero-order chi connectivity index (χ0) is 22.0. The summed E-state index contributed by atoms with van der Waals surface area (Å²) in [7, 11) is 1.52. The van der Waals surface area contributed by atoms with Crippen LogP contribution in [0.4, 0.5) is 10.5 Å². The molecule has 1 N–H and O–H groups in total. The molecule has 0 aliphatic carbocycles. The lowest BCUT2D eigenvalue weighted by Crippen LogP contribution is -2.36. The molecule has 3 aromatic rings. The number of hydrogen-bond donors (Lipinski definition) is 1. The van der Waals surface area contributed by atoms with Gasteiger partial charge in [0, 0.05) is 22.7 Å². The summed E-state index contributed by atoms with van der Waals surface area (Å²) < 4.78 is 10.3. The van der Waals surface area contributed by atoms with Crippen LogP contribution in [0.1, 0.15) is 5.56 Å². The maximum absolute atomic E-state index is 12.7. The SMILES string of the molecule is COc1ccccc1/C=C1\SC(=O)N(CC(=O)Nc2ccc3oc(=O)ccc3c2)C1=O. The smallest absolute Gasteiger partial charge is 0.336 e. The number of rotatable bonds is 5. The van der Waals surface area contributed by atoms with Gasteiger partial charge in [0.15, 0.2) is 0 Å². The van der Waals surface area contributed by atoms with E-state index in [9.17, 15) is 19.2 Å². The summed E-state index contributed by atoms with van der Waals surface area (Å²) in [5.74, 6) is -0.506. The van der Waals surface area contributed by atoms with E-state index in [-0.39, 0.29) is 4.91 Å². The average molecular weight is 436 g/mol. The van der Waals surface area contributed by atoms with Crippen molar-refractivity contribution < 1.29 is 23.5 Å². The molecule has 1 aromatic heterocycles. The minimum absolute atomic E-state index is 0.211. The first-order valence-electron chi connectivity index (χ1n) is 9.17. The number of amides is 3. The molecule has 2 aromatic carbocycles. The van der Waals surface area contributed by atoms with Crippen molar-refractivity contribution in [2.75, 3.05) is 19.0 Å². The van der Waals surface area contributed by atoms with Gasteiger partial charge in [-0.05, 0) is 48.2 Å². The fraction of sp³-hybridized carbons (Fsp3) is 0.0909. The van der Waals surface area contributed by atoms with Crippen LogP contribution in [0.3, 0.4) is 0 Å². The molecule has 31 heavy (non-hydrogen) atoms. The topological polar surface area (TPSA) is 106 Å². The second-order valence-electron chi connectivity index (χ2n) is 6.57. The standard InChI is InChI=1S/C22H16N2O6S/c1-29-16-5-3-2-4-13(16)11-18-21(27)24(22(28)31-18)12-19(25)23-15-7-8-17-14(10-15)6-9-20(26)30-17/h2-11H,12H2,1H3,(H,23,25)/b18-11-. The van der Waals surface area contributed by atoms with Crippen molar-refractivity contribution in [1.29, 1.82) is 0 Å². The van der Waals surface area contributed by atoms with E-state index in [0.717, 1.165) is 16.7 Å². The van der Waals surface area contributed by atoms with Gasteiger partial charge in [0.1, 0.15) is 17.9 Å². The highest BCUT2D eigenvalue weighted by Gasteiger charge is 2.36. The van der Waals surface area contributed by atoms with Crippen molar-refractivity contribution in [3.05, 3.63) is 75.5 Å². The molecule has 0 bridgehead atoms. The van der Waals surface area contributed by atoms with Crippen LogP contribution in [0.5, 0.6) is 5.75 Å². The van der Waals surface area contributed by atoms with Crippen LogP contribution >= 0.6 is 11.8 Å². The maximum atomic E-state index is 12.7. The molecule has 0 spiro atoms. The molecule has 0 radical (unpaired) electrons. The highest BCUT2D eigenvalue weighted by atomic mass is 32.2. The first-order chi connectivity index (χ1) is 14.9. The van der Waals surface area contributed by atoms with Gasteiger partial charge in [-0.15, -0.1) is 0 Å². The van der Waals surface area contributed by atoms with Crippen molar-refractivity contribution in [1.82, 2.24) is 4.90 Å². The molecule has 0 atom stereocenters. The molecule has 1 aliphatic rings. The largest absolute Gasteiger partial charge is 0.496 e. The molecule has 156 valence electrons. The van der Waals surface area contributed by atoms with Crippen molar-refractivity contribution >= 4 is 51.5 Å². The molecule has 3 amide bonds. The second-order valence-corrected chi connectivity index (χ2v) is 7.56. The van der Waals surface area contributed by atoms with Gasteiger partial charge in [-0.3, -0.25) is 19.3 Å². The third kappa shape index (κ3) is 4.36. The summed E-state index contributed by atoms with van der Waals surface area (Å²) in [6.07, 6.45) is 1.57. The zero-order valence-electron chi connectivity index (χ0n) is 16.3. The van der Waals surface area contributed by atoms with Crippen molar-refractivity contribution in [2.45, 2.75) is 0 Å². The number of carbonyl (C=O) groups is 3. The molecule has 0 saturated carbocycles. The number of benzene rings is 2. The maximum Gasteiger partial charge on any atom is 0.336 e. The van der Waals surface area contributed by atoms with Crippen LogP contribution < -0.4 is 15.7 Å². The van der Waals surface area contributed by atoms with E-state index in [1.165, 1.54) is 13.2 Å². The van der Waals surface area contributed by atoms with Crippen LogP contribution in [-0.4, -0.2) is 35.6 Å². The fourth-order valence-electron chi connectivity index (χ4n) is 3.06. The minimum atomic E-state index is -0.545. The predicted octanol–water partition coefficient (Wildman–Crippen LogP) is 3.48. The van der Waals surface area contributed by atoms with E-state index in [1.54, 1.807) is 54.6 Å².